The second kappa shape index (κ2) is 6.14. The first-order valence-electron chi connectivity index (χ1n) is 6.84. The summed E-state index contributed by atoms with van der Waals surface area (Å²) in [6.45, 7) is 0.813. The second-order valence-corrected chi connectivity index (χ2v) is 6.53. The molecule has 1 heterocycles. The Morgan fingerprint density at radius 1 is 1.14 bits per heavy atom. The molecule has 2 aromatic carbocycles. The maximum atomic E-state index is 6.11. The molecule has 0 radical (unpaired) electrons. The lowest BCUT2D eigenvalue weighted by Crippen LogP contribution is -2.06. The molecule has 0 saturated carbocycles. The minimum Gasteiger partial charge on any atom is -0.349 e. The topological polar surface area (TPSA) is 17.0 Å². The van der Waals surface area contributed by atoms with Crippen molar-refractivity contribution in [2.75, 3.05) is 7.05 Å². The van der Waals surface area contributed by atoms with Gasteiger partial charge in [-0.25, -0.2) is 0 Å². The van der Waals surface area contributed by atoms with Gasteiger partial charge >= 0.3 is 0 Å². The van der Waals surface area contributed by atoms with E-state index in [2.05, 4.69) is 53.5 Å². The molecule has 0 saturated heterocycles. The van der Waals surface area contributed by atoms with Gasteiger partial charge in [0.05, 0.1) is 0 Å². The van der Waals surface area contributed by atoms with Gasteiger partial charge in [-0.2, -0.15) is 0 Å². The normalized spacial score (nSPS) is 11.2. The second-order valence-electron chi connectivity index (χ2n) is 5.01. The van der Waals surface area contributed by atoms with E-state index in [0.717, 1.165) is 11.6 Å². The van der Waals surface area contributed by atoms with Gasteiger partial charge < -0.3 is 9.88 Å². The van der Waals surface area contributed by atoms with Crippen molar-refractivity contribution in [3.8, 4) is 0 Å². The number of para-hydroxylation sites is 1. The number of hydrogen-bond donors (Lipinski definition) is 1. The van der Waals surface area contributed by atoms with Crippen LogP contribution in [0.2, 0.25) is 5.02 Å². The molecule has 2 nitrogen and oxygen atoms in total. The first kappa shape index (κ1) is 14.5. The molecule has 0 aliphatic heterocycles. The van der Waals surface area contributed by atoms with Gasteiger partial charge in [-0.15, -0.1) is 0 Å². The predicted molar refractivity (Wildman–Crippen MR) is 91.3 cm³/mol. The van der Waals surface area contributed by atoms with Gasteiger partial charge in [0.15, 0.2) is 0 Å². The standard InChI is InChI=1S/C17H17ClN2S/c1-19-10-12-9-13(18)7-8-16(12)21-17-11-20(2)15-6-4-3-5-14(15)17/h3-9,11,19H,10H2,1-2H3. The van der Waals surface area contributed by atoms with Crippen molar-refractivity contribution in [1.82, 2.24) is 9.88 Å². The van der Waals surface area contributed by atoms with E-state index < -0.39 is 0 Å². The van der Waals surface area contributed by atoms with Crippen molar-refractivity contribution in [2.45, 2.75) is 16.3 Å². The van der Waals surface area contributed by atoms with Crippen LogP contribution >= 0.6 is 23.4 Å². The SMILES string of the molecule is CNCc1cc(Cl)ccc1Sc1cn(C)c2ccccc12. The molecule has 108 valence electrons. The molecule has 0 spiro atoms. The summed E-state index contributed by atoms with van der Waals surface area (Å²) in [7, 11) is 4.04. The average molecular weight is 317 g/mol. The van der Waals surface area contributed by atoms with Gasteiger partial charge in [-0.3, -0.25) is 0 Å². The van der Waals surface area contributed by atoms with Crippen LogP contribution in [0.15, 0.2) is 58.5 Å². The highest BCUT2D eigenvalue weighted by Crippen LogP contribution is 2.37. The first-order valence-corrected chi connectivity index (χ1v) is 8.03. The van der Waals surface area contributed by atoms with Crippen LogP contribution in [0.3, 0.4) is 0 Å². The summed E-state index contributed by atoms with van der Waals surface area (Å²) < 4.78 is 2.17. The fraction of sp³-hybridized carbons (Fsp3) is 0.176. The monoisotopic (exact) mass is 316 g/mol. The van der Waals surface area contributed by atoms with E-state index >= 15 is 0 Å². The Morgan fingerprint density at radius 3 is 2.76 bits per heavy atom. The number of nitrogens with one attached hydrogen (secondary N) is 1. The van der Waals surface area contributed by atoms with Gasteiger partial charge in [0.1, 0.15) is 0 Å². The van der Waals surface area contributed by atoms with Crippen molar-refractivity contribution >= 4 is 34.3 Å². The zero-order valence-electron chi connectivity index (χ0n) is 12.1. The first-order chi connectivity index (χ1) is 10.2. The number of rotatable bonds is 4. The predicted octanol–water partition coefficient (Wildman–Crippen LogP) is 4.70. The molecule has 0 aliphatic rings. The molecule has 0 atom stereocenters. The summed E-state index contributed by atoms with van der Waals surface area (Å²) in [4.78, 5) is 2.51. The maximum Gasteiger partial charge on any atom is 0.0489 e. The van der Waals surface area contributed by atoms with E-state index in [1.54, 1.807) is 11.8 Å². The zero-order chi connectivity index (χ0) is 14.8. The Morgan fingerprint density at radius 2 is 1.95 bits per heavy atom. The minimum atomic E-state index is 0.780. The van der Waals surface area contributed by atoms with Crippen molar-refractivity contribution < 1.29 is 0 Å². The van der Waals surface area contributed by atoms with Gasteiger partial charge in [-0.05, 0) is 36.9 Å². The van der Waals surface area contributed by atoms with Gasteiger partial charge in [-0.1, -0.05) is 41.6 Å². The molecule has 3 rings (SSSR count). The summed E-state index contributed by atoms with van der Waals surface area (Å²) >= 11 is 7.91. The van der Waals surface area contributed by atoms with Crippen LogP contribution in [-0.4, -0.2) is 11.6 Å². The van der Waals surface area contributed by atoms with E-state index in [-0.39, 0.29) is 0 Å². The molecule has 0 fully saturated rings. The highest BCUT2D eigenvalue weighted by molar-refractivity contribution is 7.99. The highest BCUT2D eigenvalue weighted by atomic mass is 35.5. The van der Waals surface area contributed by atoms with E-state index in [9.17, 15) is 0 Å². The third-order valence-corrected chi connectivity index (χ3v) is 4.87. The Hall–Kier alpha value is -1.42. The third-order valence-electron chi connectivity index (χ3n) is 3.47. The molecular formula is C17H17ClN2S. The molecule has 1 N–H and O–H groups in total. The number of halogens is 1. The fourth-order valence-electron chi connectivity index (χ4n) is 2.48. The number of aromatic nitrogens is 1. The molecule has 0 aliphatic carbocycles. The van der Waals surface area contributed by atoms with Crippen LogP contribution in [0, 0.1) is 0 Å². The largest absolute Gasteiger partial charge is 0.349 e. The van der Waals surface area contributed by atoms with Crippen molar-refractivity contribution in [3.63, 3.8) is 0 Å². The van der Waals surface area contributed by atoms with Crippen molar-refractivity contribution in [1.29, 1.82) is 0 Å². The summed E-state index contributed by atoms with van der Waals surface area (Å²) in [5, 5.41) is 5.27. The quantitative estimate of drug-likeness (QED) is 0.751. The molecule has 4 heteroatoms. The van der Waals surface area contributed by atoms with Gasteiger partial charge in [0, 0.05) is 45.5 Å². The smallest absolute Gasteiger partial charge is 0.0489 e. The minimum absolute atomic E-state index is 0.780. The zero-order valence-corrected chi connectivity index (χ0v) is 13.6. The lowest BCUT2D eigenvalue weighted by Gasteiger charge is -2.09. The molecule has 0 amide bonds. The average Bonchev–Trinajstić information content (AvgIpc) is 2.79. The van der Waals surface area contributed by atoms with E-state index in [1.165, 1.54) is 26.3 Å². The molecular weight excluding hydrogens is 300 g/mol. The maximum absolute atomic E-state index is 6.11. The summed E-state index contributed by atoms with van der Waals surface area (Å²) in [6, 6.07) is 14.6. The van der Waals surface area contributed by atoms with Crippen LogP contribution in [0.1, 0.15) is 5.56 Å². The number of fused-ring (bicyclic) bond motifs is 1. The van der Waals surface area contributed by atoms with Crippen LogP contribution in [-0.2, 0) is 13.6 Å². The summed E-state index contributed by atoms with van der Waals surface area (Å²) in [6.07, 6.45) is 2.19. The molecule has 0 bridgehead atoms. The number of nitrogens with zero attached hydrogens (tertiary/aromatic N) is 1. The van der Waals surface area contributed by atoms with Gasteiger partial charge in [0.25, 0.3) is 0 Å². The molecule has 0 unspecified atom stereocenters. The van der Waals surface area contributed by atoms with Crippen LogP contribution in [0.25, 0.3) is 10.9 Å². The van der Waals surface area contributed by atoms with Gasteiger partial charge in [0.2, 0.25) is 0 Å². The number of hydrogen-bond acceptors (Lipinski definition) is 2. The Labute approximate surface area is 134 Å². The van der Waals surface area contributed by atoms with Crippen LogP contribution < -0.4 is 5.32 Å². The fourth-order valence-corrected chi connectivity index (χ4v) is 3.80. The Kier molecular flexibility index (Phi) is 4.24. The van der Waals surface area contributed by atoms with E-state index in [0.29, 0.717) is 0 Å². The number of aryl methyl sites for hydroxylation is 1. The molecule has 3 aromatic rings. The Balaban J connectivity index is 2.02. The van der Waals surface area contributed by atoms with Crippen LogP contribution in [0.4, 0.5) is 0 Å². The highest BCUT2D eigenvalue weighted by Gasteiger charge is 2.10. The van der Waals surface area contributed by atoms with E-state index in [1.807, 2.05) is 19.2 Å². The van der Waals surface area contributed by atoms with Crippen molar-refractivity contribution in [2.24, 2.45) is 7.05 Å². The number of benzene rings is 2. The summed E-state index contributed by atoms with van der Waals surface area (Å²) in [5.74, 6) is 0. The Bertz CT molecular complexity index is 780. The van der Waals surface area contributed by atoms with Crippen molar-refractivity contribution in [3.05, 3.63) is 59.2 Å². The lowest BCUT2D eigenvalue weighted by atomic mass is 10.2. The lowest BCUT2D eigenvalue weighted by molar-refractivity contribution is 0.803. The third kappa shape index (κ3) is 2.95. The summed E-state index contributed by atoms with van der Waals surface area (Å²) in [5.41, 5.74) is 2.48. The molecule has 1 aromatic heterocycles. The van der Waals surface area contributed by atoms with E-state index in [4.69, 9.17) is 11.6 Å². The molecule has 21 heavy (non-hydrogen) atoms. The van der Waals surface area contributed by atoms with Crippen LogP contribution in [0.5, 0.6) is 0 Å².